The first-order valence-electron chi connectivity index (χ1n) is 8.97. The molecule has 0 atom stereocenters. The molecule has 0 amide bonds. The summed E-state index contributed by atoms with van der Waals surface area (Å²) >= 11 is 1.03. The van der Waals surface area contributed by atoms with E-state index in [4.69, 9.17) is 0 Å². The Kier molecular flexibility index (Phi) is 5.73. The van der Waals surface area contributed by atoms with E-state index in [0.717, 1.165) is 17.4 Å². The predicted molar refractivity (Wildman–Crippen MR) is 102 cm³/mol. The van der Waals surface area contributed by atoms with Crippen LogP contribution in [-0.4, -0.2) is 30.3 Å². The minimum Gasteiger partial charge on any atom is -0.329 e. The van der Waals surface area contributed by atoms with Crippen LogP contribution in [0, 0.1) is 6.92 Å². The van der Waals surface area contributed by atoms with Crippen LogP contribution < -0.4 is 4.90 Å². The maximum atomic E-state index is 13.2. The molecule has 0 saturated heterocycles. The molecule has 4 rings (SSSR count). The van der Waals surface area contributed by atoms with E-state index in [1.807, 2.05) is 0 Å². The highest BCUT2D eigenvalue weighted by Gasteiger charge is 2.38. The first-order chi connectivity index (χ1) is 15.5. The van der Waals surface area contributed by atoms with Gasteiger partial charge in [-0.2, -0.15) is 36.4 Å². The summed E-state index contributed by atoms with van der Waals surface area (Å²) < 4.78 is 81.9. The largest absolute Gasteiger partial charge is 0.471 e. The Balaban J connectivity index is 1.67. The summed E-state index contributed by atoms with van der Waals surface area (Å²) in [5, 5.41) is 10.6. The number of alkyl halides is 6. The molecule has 0 aromatic carbocycles. The second-order valence-electron chi connectivity index (χ2n) is 6.59. The number of aryl methyl sites for hydroxylation is 1. The first-order valence-corrected chi connectivity index (χ1v) is 9.78. The van der Waals surface area contributed by atoms with Crippen LogP contribution in [0.1, 0.15) is 22.0 Å². The second-order valence-corrected chi connectivity index (χ2v) is 7.76. The van der Waals surface area contributed by atoms with Crippen molar-refractivity contribution in [3.05, 3.63) is 58.8 Å². The molecule has 0 aliphatic carbocycles. The van der Waals surface area contributed by atoms with Gasteiger partial charge in [-0.05, 0) is 25.1 Å². The average molecular weight is 487 g/mol. The molecular weight excluding hydrogens is 476 g/mol. The van der Waals surface area contributed by atoms with Crippen molar-refractivity contribution in [3.63, 3.8) is 0 Å². The summed E-state index contributed by atoms with van der Waals surface area (Å²) in [6.45, 7) is 1.67. The van der Waals surface area contributed by atoms with Crippen molar-refractivity contribution in [2.24, 2.45) is 0 Å². The topological polar surface area (TPSA) is 93.7 Å². The molecule has 8 nitrogen and oxygen atoms in total. The zero-order valence-corrected chi connectivity index (χ0v) is 17.2. The van der Waals surface area contributed by atoms with Crippen LogP contribution in [0.25, 0.3) is 10.7 Å². The number of aromatic nitrogens is 6. The van der Waals surface area contributed by atoms with Gasteiger partial charge in [0.2, 0.25) is 5.82 Å². The third-order valence-electron chi connectivity index (χ3n) is 4.15. The van der Waals surface area contributed by atoms with Crippen molar-refractivity contribution < 1.29 is 30.9 Å². The summed E-state index contributed by atoms with van der Waals surface area (Å²) in [5.74, 6) is -1.69. The number of halogens is 6. The lowest BCUT2D eigenvalue weighted by Gasteiger charge is -2.22. The molecule has 0 radical (unpaired) electrons. The van der Waals surface area contributed by atoms with E-state index >= 15 is 0 Å². The number of hydrogen-bond donors (Lipinski definition) is 0. The summed E-state index contributed by atoms with van der Waals surface area (Å²) in [5.41, 5.74) is -0.416. The van der Waals surface area contributed by atoms with E-state index in [-0.39, 0.29) is 28.9 Å². The van der Waals surface area contributed by atoms with E-state index in [0.29, 0.717) is 16.8 Å². The zero-order valence-electron chi connectivity index (χ0n) is 16.4. The highest BCUT2D eigenvalue weighted by molar-refractivity contribution is 7.15. The summed E-state index contributed by atoms with van der Waals surface area (Å²) in [6, 6.07) is 3.86. The number of thiophene rings is 1. The Bertz CT molecular complexity index is 1250. The maximum Gasteiger partial charge on any atom is 0.471 e. The molecule has 0 aliphatic heterocycles. The van der Waals surface area contributed by atoms with Crippen molar-refractivity contribution in [2.45, 2.75) is 25.8 Å². The van der Waals surface area contributed by atoms with Gasteiger partial charge in [0.05, 0.1) is 41.3 Å². The predicted octanol–water partition coefficient (Wildman–Crippen LogP) is 5.06. The van der Waals surface area contributed by atoms with Crippen LogP contribution in [0.5, 0.6) is 0 Å². The maximum absolute atomic E-state index is 13.2. The van der Waals surface area contributed by atoms with Crippen molar-refractivity contribution >= 4 is 23.0 Å². The average Bonchev–Trinajstić information content (AvgIpc) is 3.42. The van der Waals surface area contributed by atoms with Gasteiger partial charge in [-0.3, -0.25) is 4.98 Å². The van der Waals surface area contributed by atoms with E-state index < -0.39 is 23.8 Å². The minimum absolute atomic E-state index is 0.0254. The Morgan fingerprint density at radius 2 is 1.76 bits per heavy atom. The van der Waals surface area contributed by atoms with Gasteiger partial charge in [-0.15, -0.1) is 16.4 Å². The molecule has 4 heterocycles. The van der Waals surface area contributed by atoms with Gasteiger partial charge in [-0.1, -0.05) is 5.16 Å². The SMILES string of the molecule is Cc1cnc(N(Cc2ccc(-c3noc(C(F)(F)F)n3)s2)c2cc(C(F)(F)F)cnn2)cn1. The van der Waals surface area contributed by atoms with Crippen molar-refractivity contribution in [1.82, 2.24) is 30.3 Å². The zero-order chi connectivity index (χ0) is 23.8. The number of anilines is 2. The van der Waals surface area contributed by atoms with Crippen LogP contribution in [0.4, 0.5) is 38.0 Å². The molecule has 33 heavy (non-hydrogen) atoms. The summed E-state index contributed by atoms with van der Waals surface area (Å²) in [6.07, 6.45) is -6.03. The van der Waals surface area contributed by atoms with Crippen LogP contribution >= 0.6 is 11.3 Å². The smallest absolute Gasteiger partial charge is 0.329 e. The van der Waals surface area contributed by atoms with Gasteiger partial charge in [0.25, 0.3) is 0 Å². The number of nitrogens with zero attached hydrogens (tertiary/aromatic N) is 7. The van der Waals surface area contributed by atoms with Gasteiger partial charge in [0.15, 0.2) is 11.6 Å². The number of hydrogen-bond acceptors (Lipinski definition) is 9. The van der Waals surface area contributed by atoms with E-state index in [1.165, 1.54) is 23.4 Å². The third-order valence-corrected chi connectivity index (χ3v) is 5.22. The third kappa shape index (κ3) is 5.08. The molecule has 0 fully saturated rings. The fourth-order valence-corrected chi connectivity index (χ4v) is 3.55. The second kappa shape index (κ2) is 8.38. The van der Waals surface area contributed by atoms with E-state index in [1.54, 1.807) is 13.0 Å². The van der Waals surface area contributed by atoms with Gasteiger partial charge in [-0.25, -0.2) is 4.98 Å². The lowest BCUT2D eigenvalue weighted by atomic mass is 10.3. The standard InChI is InChI=1S/C18H11F6N7OS/c1-9-5-26-14(7-25-9)31(13-4-10(6-27-29-13)17(19,20)21)8-11-2-3-12(33-11)15-28-16(32-30-15)18(22,23)24/h2-7H,8H2,1H3. The lowest BCUT2D eigenvalue weighted by molar-refractivity contribution is -0.159. The van der Waals surface area contributed by atoms with Gasteiger partial charge in [0.1, 0.15) is 0 Å². The molecule has 0 aliphatic rings. The Labute approximate surface area is 184 Å². The molecule has 0 N–H and O–H groups in total. The first kappa shape index (κ1) is 22.6. The molecule has 0 saturated carbocycles. The highest BCUT2D eigenvalue weighted by atomic mass is 32.1. The fourth-order valence-electron chi connectivity index (χ4n) is 2.62. The van der Waals surface area contributed by atoms with Crippen molar-refractivity contribution in [3.8, 4) is 10.7 Å². The van der Waals surface area contributed by atoms with Crippen molar-refractivity contribution in [2.75, 3.05) is 4.90 Å². The Morgan fingerprint density at radius 3 is 2.39 bits per heavy atom. The normalized spacial score (nSPS) is 12.2. The van der Waals surface area contributed by atoms with E-state index in [9.17, 15) is 26.3 Å². The minimum atomic E-state index is -4.78. The molecule has 0 bridgehead atoms. The molecular formula is C18H11F6N7OS. The summed E-state index contributed by atoms with van der Waals surface area (Å²) in [4.78, 5) is 13.8. The molecule has 4 aromatic heterocycles. The van der Waals surface area contributed by atoms with Crippen LogP contribution in [0.3, 0.4) is 0 Å². The van der Waals surface area contributed by atoms with Gasteiger partial charge >= 0.3 is 18.2 Å². The molecule has 0 unspecified atom stereocenters. The molecule has 4 aromatic rings. The fraction of sp³-hybridized carbons (Fsp3) is 0.222. The number of rotatable bonds is 5. The van der Waals surface area contributed by atoms with Crippen LogP contribution in [-0.2, 0) is 18.9 Å². The summed E-state index contributed by atoms with van der Waals surface area (Å²) in [7, 11) is 0. The molecule has 172 valence electrons. The molecule has 15 heteroatoms. The van der Waals surface area contributed by atoms with Crippen LogP contribution in [0.15, 0.2) is 41.3 Å². The van der Waals surface area contributed by atoms with Gasteiger partial charge in [0, 0.05) is 4.88 Å². The van der Waals surface area contributed by atoms with E-state index in [2.05, 4.69) is 34.8 Å². The van der Waals surface area contributed by atoms with Crippen LogP contribution in [0.2, 0.25) is 0 Å². The van der Waals surface area contributed by atoms with Crippen molar-refractivity contribution in [1.29, 1.82) is 0 Å². The quantitative estimate of drug-likeness (QED) is 0.361. The highest BCUT2D eigenvalue weighted by Crippen LogP contribution is 2.35. The molecule has 0 spiro atoms. The lowest BCUT2D eigenvalue weighted by Crippen LogP contribution is -2.20. The Morgan fingerprint density at radius 1 is 0.970 bits per heavy atom. The Hall–Kier alpha value is -3.62. The van der Waals surface area contributed by atoms with Gasteiger partial charge < -0.3 is 9.42 Å². The monoisotopic (exact) mass is 487 g/mol.